The number of para-hydroxylation sites is 1. The maximum Gasteiger partial charge on any atom is 0.239 e. The molecule has 2 amide bonds. The molecule has 2 aromatic carbocycles. The van der Waals surface area contributed by atoms with Crippen molar-refractivity contribution in [2.45, 2.75) is 31.5 Å². The maximum atomic E-state index is 13.3. The van der Waals surface area contributed by atoms with Gasteiger partial charge in [-0.1, -0.05) is 30.0 Å². The highest BCUT2D eigenvalue weighted by Gasteiger charge is 2.18. The Morgan fingerprint density at radius 1 is 1.00 bits per heavy atom. The van der Waals surface area contributed by atoms with Gasteiger partial charge < -0.3 is 10.6 Å². The summed E-state index contributed by atoms with van der Waals surface area (Å²) in [5.41, 5.74) is 1.16. The van der Waals surface area contributed by atoms with Crippen LogP contribution in [-0.4, -0.2) is 44.4 Å². The molecule has 0 aliphatic carbocycles. The first kappa shape index (κ1) is 22.5. The van der Waals surface area contributed by atoms with Crippen LogP contribution in [0.15, 0.2) is 59.8 Å². The summed E-state index contributed by atoms with van der Waals surface area (Å²) in [6.07, 6.45) is 0. The number of amides is 2. The SMILES string of the molecule is CC(C)(C)NC(=O)CNC(=O)CSc1nnc(-c2ccc(F)cc2)n1-c1ccccc1. The highest BCUT2D eigenvalue weighted by molar-refractivity contribution is 7.99. The van der Waals surface area contributed by atoms with E-state index in [-0.39, 0.29) is 35.5 Å². The Balaban J connectivity index is 1.73. The number of benzene rings is 2. The van der Waals surface area contributed by atoms with E-state index in [0.29, 0.717) is 16.5 Å². The molecule has 0 saturated heterocycles. The van der Waals surface area contributed by atoms with Crippen LogP contribution in [0.2, 0.25) is 0 Å². The molecule has 1 aromatic heterocycles. The van der Waals surface area contributed by atoms with E-state index < -0.39 is 0 Å². The Labute approximate surface area is 184 Å². The molecule has 0 aliphatic heterocycles. The Bertz CT molecular complexity index is 1050. The summed E-state index contributed by atoms with van der Waals surface area (Å²) >= 11 is 1.20. The summed E-state index contributed by atoms with van der Waals surface area (Å²) in [5.74, 6) is -0.274. The molecule has 9 heteroatoms. The number of thioether (sulfide) groups is 1. The number of carbonyl (C=O) groups excluding carboxylic acids is 2. The van der Waals surface area contributed by atoms with E-state index in [1.165, 1.54) is 23.9 Å². The van der Waals surface area contributed by atoms with Crippen molar-refractivity contribution in [1.29, 1.82) is 0 Å². The van der Waals surface area contributed by atoms with Crippen LogP contribution >= 0.6 is 11.8 Å². The van der Waals surface area contributed by atoms with Crippen LogP contribution in [0.1, 0.15) is 20.8 Å². The third kappa shape index (κ3) is 6.39. The summed E-state index contributed by atoms with van der Waals surface area (Å²) < 4.78 is 15.2. The zero-order valence-corrected chi connectivity index (χ0v) is 18.4. The number of carbonyl (C=O) groups is 2. The summed E-state index contributed by atoms with van der Waals surface area (Å²) in [4.78, 5) is 24.1. The molecule has 2 N–H and O–H groups in total. The smallest absolute Gasteiger partial charge is 0.239 e. The van der Waals surface area contributed by atoms with Gasteiger partial charge in [0.05, 0.1) is 12.3 Å². The third-order valence-electron chi connectivity index (χ3n) is 4.04. The van der Waals surface area contributed by atoms with Gasteiger partial charge in [0.25, 0.3) is 0 Å². The van der Waals surface area contributed by atoms with E-state index in [0.717, 1.165) is 5.69 Å². The second-order valence-electron chi connectivity index (χ2n) is 7.85. The van der Waals surface area contributed by atoms with Gasteiger partial charge >= 0.3 is 0 Å². The predicted octanol–water partition coefficient (Wildman–Crippen LogP) is 3.20. The molecule has 162 valence electrons. The maximum absolute atomic E-state index is 13.3. The molecular weight excluding hydrogens is 417 g/mol. The molecule has 0 unspecified atom stereocenters. The first-order valence-corrected chi connectivity index (χ1v) is 10.7. The minimum atomic E-state index is -0.362. The molecule has 31 heavy (non-hydrogen) atoms. The number of rotatable bonds is 7. The van der Waals surface area contributed by atoms with Crippen LogP contribution < -0.4 is 10.6 Å². The average molecular weight is 442 g/mol. The summed E-state index contributed by atoms with van der Waals surface area (Å²) in [7, 11) is 0. The fraction of sp³-hybridized carbons (Fsp3) is 0.273. The lowest BCUT2D eigenvalue weighted by atomic mass is 10.1. The number of nitrogens with one attached hydrogen (secondary N) is 2. The average Bonchev–Trinajstić information content (AvgIpc) is 3.14. The van der Waals surface area contributed by atoms with Crippen molar-refractivity contribution >= 4 is 23.6 Å². The van der Waals surface area contributed by atoms with Crippen molar-refractivity contribution in [3.63, 3.8) is 0 Å². The van der Waals surface area contributed by atoms with Crippen LogP contribution in [-0.2, 0) is 9.59 Å². The van der Waals surface area contributed by atoms with Gasteiger partial charge in [0.15, 0.2) is 11.0 Å². The number of hydrogen-bond acceptors (Lipinski definition) is 5. The lowest BCUT2D eigenvalue weighted by molar-refractivity contribution is -0.125. The fourth-order valence-corrected chi connectivity index (χ4v) is 3.56. The van der Waals surface area contributed by atoms with Crippen LogP contribution in [0, 0.1) is 5.82 Å². The summed E-state index contributed by atoms with van der Waals surface area (Å²) in [6.45, 7) is 5.52. The zero-order chi connectivity index (χ0) is 22.4. The highest BCUT2D eigenvalue weighted by Crippen LogP contribution is 2.28. The monoisotopic (exact) mass is 441 g/mol. The van der Waals surface area contributed by atoms with Crippen LogP contribution in [0.4, 0.5) is 4.39 Å². The van der Waals surface area contributed by atoms with Crippen LogP contribution in [0.25, 0.3) is 17.1 Å². The Morgan fingerprint density at radius 3 is 2.32 bits per heavy atom. The molecule has 7 nitrogen and oxygen atoms in total. The molecule has 0 radical (unpaired) electrons. The first-order valence-electron chi connectivity index (χ1n) is 9.70. The summed E-state index contributed by atoms with van der Waals surface area (Å²) in [5, 5.41) is 14.4. The van der Waals surface area contributed by atoms with Gasteiger partial charge in [-0.15, -0.1) is 10.2 Å². The van der Waals surface area contributed by atoms with E-state index >= 15 is 0 Å². The molecule has 0 spiro atoms. The minimum Gasteiger partial charge on any atom is -0.350 e. The Hall–Kier alpha value is -3.20. The van der Waals surface area contributed by atoms with E-state index in [2.05, 4.69) is 20.8 Å². The zero-order valence-electron chi connectivity index (χ0n) is 17.6. The molecule has 0 saturated carbocycles. The molecular formula is C22H24FN5O2S. The molecule has 1 heterocycles. The van der Waals surface area contributed by atoms with E-state index in [4.69, 9.17) is 0 Å². The lowest BCUT2D eigenvalue weighted by Gasteiger charge is -2.20. The van der Waals surface area contributed by atoms with Gasteiger partial charge in [-0.25, -0.2) is 4.39 Å². The number of hydrogen-bond donors (Lipinski definition) is 2. The minimum absolute atomic E-state index is 0.0666. The van der Waals surface area contributed by atoms with Crippen molar-refractivity contribution < 1.29 is 14.0 Å². The van der Waals surface area contributed by atoms with Gasteiger partial charge in [-0.05, 0) is 57.2 Å². The Kier molecular flexibility index (Phi) is 7.06. The topological polar surface area (TPSA) is 88.9 Å². The van der Waals surface area contributed by atoms with Crippen molar-refractivity contribution in [3.8, 4) is 17.1 Å². The summed E-state index contributed by atoms with van der Waals surface area (Å²) in [6, 6.07) is 15.5. The Morgan fingerprint density at radius 2 is 1.68 bits per heavy atom. The fourth-order valence-electron chi connectivity index (χ4n) is 2.78. The molecule has 3 aromatic rings. The van der Waals surface area contributed by atoms with E-state index in [1.807, 2.05) is 55.7 Å². The van der Waals surface area contributed by atoms with Crippen molar-refractivity contribution in [3.05, 3.63) is 60.4 Å². The van der Waals surface area contributed by atoms with Gasteiger partial charge in [-0.3, -0.25) is 14.2 Å². The number of halogens is 1. The lowest BCUT2D eigenvalue weighted by Crippen LogP contribution is -2.46. The van der Waals surface area contributed by atoms with Crippen molar-refractivity contribution in [2.75, 3.05) is 12.3 Å². The number of aromatic nitrogens is 3. The highest BCUT2D eigenvalue weighted by atomic mass is 32.2. The van der Waals surface area contributed by atoms with Gasteiger partial charge in [0, 0.05) is 16.8 Å². The number of nitrogens with zero attached hydrogens (tertiary/aromatic N) is 3. The normalized spacial score (nSPS) is 11.2. The largest absolute Gasteiger partial charge is 0.350 e. The molecule has 0 aliphatic rings. The molecule has 0 atom stereocenters. The van der Waals surface area contributed by atoms with Crippen molar-refractivity contribution in [2.24, 2.45) is 0 Å². The van der Waals surface area contributed by atoms with Crippen molar-refractivity contribution in [1.82, 2.24) is 25.4 Å². The van der Waals surface area contributed by atoms with Gasteiger partial charge in [0.1, 0.15) is 5.82 Å². The second kappa shape index (κ2) is 9.74. The van der Waals surface area contributed by atoms with Crippen LogP contribution in [0.5, 0.6) is 0 Å². The first-order chi connectivity index (χ1) is 14.7. The van der Waals surface area contributed by atoms with Crippen LogP contribution in [0.3, 0.4) is 0 Å². The second-order valence-corrected chi connectivity index (χ2v) is 8.79. The molecule has 3 rings (SSSR count). The quantitative estimate of drug-likeness (QED) is 0.550. The van der Waals surface area contributed by atoms with Gasteiger partial charge in [-0.2, -0.15) is 0 Å². The van der Waals surface area contributed by atoms with E-state index in [9.17, 15) is 14.0 Å². The third-order valence-corrected chi connectivity index (χ3v) is 4.97. The molecule has 0 fully saturated rings. The van der Waals surface area contributed by atoms with Gasteiger partial charge in [0.2, 0.25) is 11.8 Å². The molecule has 0 bridgehead atoms. The van der Waals surface area contributed by atoms with E-state index in [1.54, 1.807) is 12.1 Å². The standard InChI is InChI=1S/C22H24FN5O2S/c1-22(2,3)25-18(29)13-24-19(30)14-31-21-27-26-20(15-9-11-16(23)12-10-15)28(21)17-7-5-4-6-8-17/h4-12H,13-14H2,1-3H3,(H,24,30)(H,25,29). The predicted molar refractivity (Wildman–Crippen MR) is 118 cm³/mol.